The van der Waals surface area contributed by atoms with Gasteiger partial charge in [0.15, 0.2) is 0 Å². The van der Waals surface area contributed by atoms with Crippen LogP contribution in [0.1, 0.15) is 23.6 Å². The Kier molecular flexibility index (Phi) is 3.89. The van der Waals surface area contributed by atoms with E-state index in [1.807, 2.05) is 23.1 Å². The zero-order valence-electron chi connectivity index (χ0n) is 7.59. The lowest BCUT2D eigenvalue weighted by Crippen LogP contribution is -1.70. The second kappa shape index (κ2) is 4.73. The Bertz CT molecular complexity index is 261. The fraction of sp³-hybridized carbons (Fsp3) is 0.400. The topological polar surface area (TPSA) is 0 Å². The molecule has 0 amide bonds. The Morgan fingerprint density at radius 1 is 1.50 bits per heavy atom. The van der Waals surface area contributed by atoms with Gasteiger partial charge in [0, 0.05) is 14.7 Å². The third-order valence-corrected chi connectivity index (χ3v) is 3.88. The van der Waals surface area contributed by atoms with Crippen molar-refractivity contribution in [2.75, 3.05) is 5.75 Å². The van der Waals surface area contributed by atoms with Gasteiger partial charge in [0.2, 0.25) is 0 Å². The summed E-state index contributed by atoms with van der Waals surface area (Å²) in [6, 6.07) is 4.37. The molecule has 0 N–H and O–H groups in total. The lowest BCUT2D eigenvalue weighted by molar-refractivity contribution is 1.19. The molecule has 0 fully saturated rings. The van der Waals surface area contributed by atoms with E-state index in [-0.39, 0.29) is 0 Å². The number of hydrogen-bond donors (Lipinski definition) is 0. The summed E-state index contributed by atoms with van der Waals surface area (Å²) >= 11 is 3.68. The molecule has 66 valence electrons. The van der Waals surface area contributed by atoms with E-state index < -0.39 is 0 Å². The molecule has 1 aromatic heterocycles. The Hall–Kier alpha value is -0.210. The van der Waals surface area contributed by atoms with Crippen molar-refractivity contribution in [1.82, 2.24) is 0 Å². The van der Waals surface area contributed by atoms with E-state index in [0.717, 1.165) is 12.2 Å². The van der Waals surface area contributed by atoms with E-state index in [2.05, 4.69) is 32.6 Å². The van der Waals surface area contributed by atoms with Gasteiger partial charge in [-0.1, -0.05) is 20.4 Å². The zero-order chi connectivity index (χ0) is 8.97. The quantitative estimate of drug-likeness (QED) is 0.703. The minimum absolute atomic E-state index is 1.11. The van der Waals surface area contributed by atoms with Crippen LogP contribution in [0.15, 0.2) is 18.7 Å². The molecule has 2 heteroatoms. The zero-order valence-corrected chi connectivity index (χ0v) is 9.23. The molecule has 1 rings (SSSR count). The highest BCUT2D eigenvalue weighted by Crippen LogP contribution is 2.30. The fourth-order valence-electron chi connectivity index (χ4n) is 0.963. The molecule has 0 aliphatic rings. The van der Waals surface area contributed by atoms with Gasteiger partial charge in [-0.05, 0) is 24.3 Å². The second-order valence-electron chi connectivity index (χ2n) is 2.48. The SMILES string of the molecule is C=C(SCC)c1ccc(CC)s1. The lowest BCUT2D eigenvalue weighted by atomic mass is 10.4. The fourth-order valence-corrected chi connectivity index (χ4v) is 2.64. The highest BCUT2D eigenvalue weighted by molar-refractivity contribution is 8.08. The molecule has 0 spiro atoms. The Morgan fingerprint density at radius 2 is 2.25 bits per heavy atom. The Labute approximate surface area is 82.7 Å². The van der Waals surface area contributed by atoms with Crippen molar-refractivity contribution >= 4 is 28.0 Å². The normalized spacial score (nSPS) is 10.2. The number of rotatable bonds is 4. The molecular weight excluding hydrogens is 184 g/mol. The predicted octanol–water partition coefficient (Wildman–Crippen LogP) is 4.03. The first-order valence-corrected chi connectivity index (χ1v) is 5.99. The van der Waals surface area contributed by atoms with E-state index in [0.29, 0.717) is 0 Å². The molecule has 1 aromatic rings. The molecule has 0 unspecified atom stereocenters. The van der Waals surface area contributed by atoms with Crippen LogP contribution in [0.5, 0.6) is 0 Å². The first-order chi connectivity index (χ1) is 5.77. The van der Waals surface area contributed by atoms with Crippen LogP contribution in [0.3, 0.4) is 0 Å². The summed E-state index contributed by atoms with van der Waals surface area (Å²) in [5.74, 6) is 1.11. The van der Waals surface area contributed by atoms with Crippen molar-refractivity contribution in [1.29, 1.82) is 0 Å². The van der Waals surface area contributed by atoms with E-state index in [1.165, 1.54) is 14.7 Å². The van der Waals surface area contributed by atoms with Gasteiger partial charge < -0.3 is 0 Å². The molecule has 0 aliphatic heterocycles. The first kappa shape index (κ1) is 9.87. The van der Waals surface area contributed by atoms with Crippen LogP contribution in [-0.2, 0) is 6.42 Å². The maximum Gasteiger partial charge on any atom is 0.0403 e. The van der Waals surface area contributed by atoms with Crippen LogP contribution < -0.4 is 0 Å². The number of aryl methyl sites for hydroxylation is 1. The van der Waals surface area contributed by atoms with E-state index in [4.69, 9.17) is 0 Å². The third-order valence-electron chi connectivity index (χ3n) is 1.60. The number of thiophene rings is 1. The van der Waals surface area contributed by atoms with Crippen molar-refractivity contribution in [3.05, 3.63) is 28.5 Å². The predicted molar refractivity (Wildman–Crippen MR) is 60.9 cm³/mol. The first-order valence-electron chi connectivity index (χ1n) is 4.18. The largest absolute Gasteiger partial charge is 0.140 e. The van der Waals surface area contributed by atoms with Crippen LogP contribution >= 0.6 is 23.1 Å². The molecule has 0 atom stereocenters. The van der Waals surface area contributed by atoms with Crippen molar-refractivity contribution in [3.63, 3.8) is 0 Å². The van der Waals surface area contributed by atoms with Gasteiger partial charge in [-0.3, -0.25) is 0 Å². The maximum atomic E-state index is 4.04. The van der Waals surface area contributed by atoms with Crippen molar-refractivity contribution in [2.24, 2.45) is 0 Å². The Morgan fingerprint density at radius 3 is 2.75 bits per heavy atom. The summed E-state index contributed by atoms with van der Waals surface area (Å²) in [7, 11) is 0. The standard InChI is InChI=1S/C10H14S2/c1-4-9-6-7-10(12-9)8(3)11-5-2/h6-7H,3-5H2,1-2H3. The van der Waals surface area contributed by atoms with Crippen LogP contribution in [0.4, 0.5) is 0 Å². The Balaban J connectivity index is 2.68. The smallest absolute Gasteiger partial charge is 0.0403 e. The minimum atomic E-state index is 1.11. The molecule has 12 heavy (non-hydrogen) atoms. The highest BCUT2D eigenvalue weighted by Gasteiger charge is 2.01. The van der Waals surface area contributed by atoms with Crippen LogP contribution in [0, 0.1) is 0 Å². The molecule has 0 bridgehead atoms. The summed E-state index contributed by atoms with van der Waals surface area (Å²) in [6.45, 7) is 8.38. The van der Waals surface area contributed by atoms with Gasteiger partial charge in [0.1, 0.15) is 0 Å². The van der Waals surface area contributed by atoms with Gasteiger partial charge in [0.05, 0.1) is 0 Å². The number of thioether (sulfide) groups is 1. The van der Waals surface area contributed by atoms with Crippen LogP contribution in [-0.4, -0.2) is 5.75 Å². The summed E-state index contributed by atoms with van der Waals surface area (Å²) in [6.07, 6.45) is 1.13. The molecular formula is C10H14S2. The summed E-state index contributed by atoms with van der Waals surface area (Å²) in [5, 5.41) is 0. The van der Waals surface area contributed by atoms with Crippen molar-refractivity contribution in [2.45, 2.75) is 20.3 Å². The minimum Gasteiger partial charge on any atom is -0.140 e. The average Bonchev–Trinajstić information content (AvgIpc) is 2.52. The molecule has 0 radical (unpaired) electrons. The van der Waals surface area contributed by atoms with Gasteiger partial charge in [-0.2, -0.15) is 0 Å². The highest BCUT2D eigenvalue weighted by atomic mass is 32.2. The second-order valence-corrected chi connectivity index (χ2v) is 5.00. The summed E-state index contributed by atoms with van der Waals surface area (Å²) in [4.78, 5) is 3.99. The van der Waals surface area contributed by atoms with E-state index >= 15 is 0 Å². The molecule has 0 aromatic carbocycles. The van der Waals surface area contributed by atoms with Crippen LogP contribution in [0.25, 0.3) is 4.91 Å². The molecule has 0 nitrogen and oxygen atoms in total. The molecule has 1 heterocycles. The van der Waals surface area contributed by atoms with Gasteiger partial charge in [-0.15, -0.1) is 23.1 Å². The van der Waals surface area contributed by atoms with Gasteiger partial charge in [-0.25, -0.2) is 0 Å². The lowest BCUT2D eigenvalue weighted by Gasteiger charge is -1.97. The average molecular weight is 198 g/mol. The van der Waals surface area contributed by atoms with E-state index in [1.54, 1.807) is 0 Å². The van der Waals surface area contributed by atoms with Gasteiger partial charge >= 0.3 is 0 Å². The van der Waals surface area contributed by atoms with Crippen molar-refractivity contribution in [3.8, 4) is 0 Å². The maximum absolute atomic E-state index is 4.04. The van der Waals surface area contributed by atoms with Crippen molar-refractivity contribution < 1.29 is 0 Å². The summed E-state index contributed by atoms with van der Waals surface area (Å²) < 4.78 is 0. The third kappa shape index (κ3) is 2.39. The molecule has 0 saturated carbocycles. The van der Waals surface area contributed by atoms with Gasteiger partial charge in [0.25, 0.3) is 0 Å². The summed E-state index contributed by atoms with van der Waals surface area (Å²) in [5.41, 5.74) is 0. The van der Waals surface area contributed by atoms with Crippen LogP contribution in [0.2, 0.25) is 0 Å². The number of hydrogen-bond acceptors (Lipinski definition) is 2. The molecule has 0 saturated heterocycles. The monoisotopic (exact) mass is 198 g/mol. The van der Waals surface area contributed by atoms with E-state index in [9.17, 15) is 0 Å². The molecule has 0 aliphatic carbocycles.